The Balaban J connectivity index is 1.79. The minimum atomic E-state index is -4.14. The van der Waals surface area contributed by atoms with Crippen LogP contribution in [0.4, 0.5) is 11.6 Å². The summed E-state index contributed by atoms with van der Waals surface area (Å²) in [6.45, 7) is 0. The van der Waals surface area contributed by atoms with Gasteiger partial charge < -0.3 is 10.5 Å². The second-order valence-corrected chi connectivity index (χ2v) is 9.42. The number of halogens is 3. The molecule has 0 aliphatic rings. The Bertz CT molecular complexity index is 1460. The highest BCUT2D eigenvalue weighted by molar-refractivity contribution is 7.92. The molecule has 0 fully saturated rings. The number of nitrogens with zero attached hydrogens (tertiary/aromatic N) is 3. The van der Waals surface area contributed by atoms with Gasteiger partial charge in [-0.25, -0.2) is 23.4 Å². The molecule has 0 saturated carbocycles. The number of rotatable bonds is 5. The molecule has 2 aromatic carbocycles. The smallest absolute Gasteiger partial charge is 0.267 e. The molecule has 2 heterocycles. The molecule has 0 bridgehead atoms. The molecule has 3 N–H and O–H groups in total. The van der Waals surface area contributed by atoms with Crippen LogP contribution < -0.4 is 15.2 Å². The maximum Gasteiger partial charge on any atom is 0.267 e. The largest absolute Gasteiger partial charge is 0.480 e. The number of nitrogens with two attached hydrogens (primary N) is 1. The van der Waals surface area contributed by atoms with Crippen LogP contribution in [0.2, 0.25) is 15.1 Å². The van der Waals surface area contributed by atoms with Crippen LogP contribution in [-0.2, 0) is 10.0 Å². The molecule has 0 saturated heterocycles. The molecule has 0 unspecified atom stereocenters. The van der Waals surface area contributed by atoms with E-state index in [1.54, 1.807) is 24.4 Å². The maximum absolute atomic E-state index is 13.0. The van der Waals surface area contributed by atoms with Crippen molar-refractivity contribution < 1.29 is 13.2 Å². The molecular formula is C20H14Cl3N5O3S. The van der Waals surface area contributed by atoms with Crippen molar-refractivity contribution in [3.8, 4) is 17.0 Å². The van der Waals surface area contributed by atoms with Gasteiger partial charge in [-0.15, -0.1) is 0 Å². The highest BCUT2D eigenvalue weighted by Gasteiger charge is 2.24. The summed E-state index contributed by atoms with van der Waals surface area (Å²) in [5, 5.41) is 1.28. The van der Waals surface area contributed by atoms with E-state index in [9.17, 15) is 8.42 Å². The van der Waals surface area contributed by atoms with E-state index < -0.39 is 10.0 Å². The first-order valence-corrected chi connectivity index (χ1v) is 11.5. The average molecular weight is 511 g/mol. The quantitative estimate of drug-likeness (QED) is 0.386. The summed E-state index contributed by atoms with van der Waals surface area (Å²) in [6.07, 6.45) is 2.86. The molecule has 0 amide bonds. The fourth-order valence-corrected chi connectivity index (χ4v) is 5.19. The van der Waals surface area contributed by atoms with Crippen LogP contribution in [0.25, 0.3) is 22.0 Å². The van der Waals surface area contributed by atoms with Crippen LogP contribution in [-0.4, -0.2) is 30.5 Å². The molecule has 4 aromatic rings. The number of nitrogen functional groups attached to an aromatic ring is 1. The Labute approximate surface area is 198 Å². The number of ether oxygens (including phenoxy) is 1. The normalized spacial score (nSPS) is 11.5. The Kier molecular flexibility index (Phi) is 6.00. The summed E-state index contributed by atoms with van der Waals surface area (Å²) in [5.74, 6) is 0.0460. The van der Waals surface area contributed by atoms with Gasteiger partial charge in [-0.2, -0.15) is 0 Å². The van der Waals surface area contributed by atoms with E-state index in [2.05, 4.69) is 19.7 Å². The van der Waals surface area contributed by atoms with Crippen LogP contribution in [0, 0.1) is 0 Å². The fraction of sp³-hybridized carbons (Fsp3) is 0.0500. The molecule has 12 heteroatoms. The van der Waals surface area contributed by atoms with Crippen LogP contribution >= 0.6 is 34.8 Å². The van der Waals surface area contributed by atoms with Gasteiger partial charge >= 0.3 is 0 Å². The van der Waals surface area contributed by atoms with Crippen molar-refractivity contribution in [1.29, 1.82) is 0 Å². The van der Waals surface area contributed by atoms with Crippen molar-refractivity contribution in [2.45, 2.75) is 4.90 Å². The lowest BCUT2D eigenvalue weighted by atomic mass is 10.0. The number of methoxy groups -OCH3 is 1. The molecule has 0 aliphatic carbocycles. The molecule has 0 radical (unpaired) electrons. The Morgan fingerprint density at radius 1 is 1.03 bits per heavy atom. The number of sulfonamides is 1. The van der Waals surface area contributed by atoms with E-state index in [0.717, 1.165) is 0 Å². The van der Waals surface area contributed by atoms with Crippen molar-refractivity contribution >= 4 is 67.4 Å². The number of benzene rings is 2. The van der Waals surface area contributed by atoms with Gasteiger partial charge in [0.25, 0.3) is 10.0 Å². The van der Waals surface area contributed by atoms with Gasteiger partial charge in [0.05, 0.1) is 33.4 Å². The van der Waals surface area contributed by atoms with E-state index in [1.807, 2.05) is 0 Å². The third-order valence-electron chi connectivity index (χ3n) is 4.49. The molecular weight excluding hydrogens is 497 g/mol. The van der Waals surface area contributed by atoms with Gasteiger partial charge in [-0.05, 0) is 35.9 Å². The SMILES string of the molecule is COc1ncc(Cl)cc1S(=O)(=O)Nc1ccc(Cl)c(-c2ccc3nc(N)ncc3c2)c1Cl. The summed E-state index contributed by atoms with van der Waals surface area (Å²) in [5.41, 5.74) is 7.46. The van der Waals surface area contributed by atoms with E-state index >= 15 is 0 Å². The number of nitrogens with one attached hydrogen (secondary N) is 1. The van der Waals surface area contributed by atoms with Crippen molar-refractivity contribution in [3.05, 3.63) is 63.9 Å². The predicted molar refractivity (Wildman–Crippen MR) is 126 cm³/mol. The standard InChI is InChI=1S/C20H14Cl3N5O3S/c1-31-19-16(7-12(21)9-25-19)32(29,30)28-15-5-3-13(22)17(18(15)23)10-2-4-14-11(6-10)8-26-20(24)27-14/h2-9,28H,1H3,(H2,24,26,27). The van der Waals surface area contributed by atoms with Gasteiger partial charge in [0.15, 0.2) is 4.90 Å². The number of aromatic nitrogens is 3. The van der Waals surface area contributed by atoms with Gasteiger partial charge in [-0.1, -0.05) is 40.9 Å². The topological polar surface area (TPSA) is 120 Å². The average Bonchev–Trinajstić information content (AvgIpc) is 2.76. The minimum Gasteiger partial charge on any atom is -0.480 e. The van der Waals surface area contributed by atoms with Crippen LogP contribution in [0.3, 0.4) is 0 Å². The van der Waals surface area contributed by atoms with E-state index in [4.69, 9.17) is 45.3 Å². The van der Waals surface area contributed by atoms with Crippen molar-refractivity contribution in [3.63, 3.8) is 0 Å². The summed E-state index contributed by atoms with van der Waals surface area (Å²) < 4.78 is 33.5. The lowest BCUT2D eigenvalue weighted by molar-refractivity contribution is 0.385. The third-order valence-corrected chi connectivity index (χ3v) is 6.76. The van der Waals surface area contributed by atoms with Crippen LogP contribution in [0.1, 0.15) is 0 Å². The van der Waals surface area contributed by atoms with Gasteiger partial charge in [0, 0.05) is 23.3 Å². The molecule has 4 rings (SSSR count). The van der Waals surface area contributed by atoms with E-state index in [1.165, 1.54) is 31.5 Å². The van der Waals surface area contributed by atoms with Crippen molar-refractivity contribution in [2.24, 2.45) is 0 Å². The molecule has 2 aromatic heterocycles. The van der Waals surface area contributed by atoms with Gasteiger partial charge in [0.2, 0.25) is 11.8 Å². The number of hydrogen-bond acceptors (Lipinski definition) is 7. The third kappa shape index (κ3) is 4.24. The zero-order valence-electron chi connectivity index (χ0n) is 16.3. The zero-order valence-corrected chi connectivity index (χ0v) is 19.4. The summed E-state index contributed by atoms with van der Waals surface area (Å²) >= 11 is 18.9. The monoisotopic (exact) mass is 509 g/mol. The number of anilines is 2. The van der Waals surface area contributed by atoms with Crippen LogP contribution in [0.15, 0.2) is 53.7 Å². The molecule has 32 heavy (non-hydrogen) atoms. The first kappa shape index (κ1) is 22.3. The molecule has 8 nitrogen and oxygen atoms in total. The second kappa shape index (κ2) is 8.59. The first-order valence-electron chi connectivity index (χ1n) is 8.92. The Hall–Kier alpha value is -2.85. The van der Waals surface area contributed by atoms with E-state index in [0.29, 0.717) is 27.1 Å². The highest BCUT2D eigenvalue weighted by atomic mass is 35.5. The van der Waals surface area contributed by atoms with Crippen LogP contribution in [0.5, 0.6) is 5.88 Å². The Morgan fingerprint density at radius 3 is 2.56 bits per heavy atom. The fourth-order valence-electron chi connectivity index (χ4n) is 3.05. The number of hydrogen-bond donors (Lipinski definition) is 2. The lowest BCUT2D eigenvalue weighted by Crippen LogP contribution is -2.15. The summed E-state index contributed by atoms with van der Waals surface area (Å²) in [7, 11) is -2.83. The van der Waals surface area contributed by atoms with Crippen molar-refractivity contribution in [1.82, 2.24) is 15.0 Å². The lowest BCUT2D eigenvalue weighted by Gasteiger charge is -2.15. The number of pyridine rings is 1. The highest BCUT2D eigenvalue weighted by Crippen LogP contribution is 2.41. The molecule has 164 valence electrons. The van der Waals surface area contributed by atoms with Gasteiger partial charge in [-0.3, -0.25) is 4.72 Å². The zero-order chi connectivity index (χ0) is 23.0. The molecule has 0 atom stereocenters. The summed E-state index contributed by atoms with van der Waals surface area (Å²) in [4.78, 5) is 11.8. The van der Waals surface area contributed by atoms with E-state index in [-0.39, 0.29) is 32.5 Å². The molecule has 0 spiro atoms. The second-order valence-electron chi connectivity index (χ2n) is 6.55. The summed E-state index contributed by atoms with van der Waals surface area (Å²) in [6, 6.07) is 9.51. The predicted octanol–water partition coefficient (Wildman–Crippen LogP) is 5.04. The molecule has 0 aliphatic heterocycles. The maximum atomic E-state index is 13.0. The van der Waals surface area contributed by atoms with Gasteiger partial charge in [0.1, 0.15) is 0 Å². The first-order chi connectivity index (χ1) is 15.2. The van der Waals surface area contributed by atoms with Crippen molar-refractivity contribution in [2.75, 3.05) is 17.6 Å². The minimum absolute atomic E-state index is 0.103. The Morgan fingerprint density at radius 2 is 1.81 bits per heavy atom. The number of fused-ring (bicyclic) bond motifs is 1.